The predicted molar refractivity (Wildman–Crippen MR) is 83.9 cm³/mol. The molecule has 0 saturated carbocycles. The quantitative estimate of drug-likeness (QED) is 0.931. The van der Waals surface area contributed by atoms with Crippen LogP contribution in [0.3, 0.4) is 0 Å². The normalized spacial score (nSPS) is 17.8. The van der Waals surface area contributed by atoms with Crippen molar-refractivity contribution in [2.45, 2.75) is 19.1 Å². The molecular formula is C14H20N4O2S. The van der Waals surface area contributed by atoms with Gasteiger partial charge in [-0.25, -0.2) is 8.42 Å². The molecule has 2 heterocycles. The maximum Gasteiger partial charge on any atom is 0.216 e. The highest BCUT2D eigenvalue weighted by molar-refractivity contribution is 7.89. The Morgan fingerprint density at radius 1 is 1.19 bits per heavy atom. The van der Waals surface area contributed by atoms with Crippen molar-refractivity contribution in [3.05, 3.63) is 24.4 Å². The molecule has 7 heteroatoms. The van der Waals surface area contributed by atoms with E-state index >= 15 is 0 Å². The highest BCUT2D eigenvalue weighted by Gasteiger charge is 2.29. The molecule has 21 heavy (non-hydrogen) atoms. The van der Waals surface area contributed by atoms with Crippen molar-refractivity contribution >= 4 is 26.6 Å². The Morgan fingerprint density at radius 3 is 2.57 bits per heavy atom. The first kappa shape index (κ1) is 14.3. The second kappa shape index (κ2) is 5.31. The van der Waals surface area contributed by atoms with Gasteiger partial charge in [0.25, 0.3) is 0 Å². The third-order valence-electron chi connectivity index (χ3n) is 4.00. The lowest BCUT2D eigenvalue weighted by atomic mass is 10.2. The van der Waals surface area contributed by atoms with Gasteiger partial charge < -0.3 is 4.90 Å². The molecule has 0 unspecified atom stereocenters. The van der Waals surface area contributed by atoms with E-state index in [0.29, 0.717) is 26.2 Å². The SMILES string of the molecule is CC(C)S(=O)(=O)N1CCN(c2cccc3[nH]ncc23)CC1. The van der Waals surface area contributed by atoms with Crippen LogP contribution in [-0.2, 0) is 10.0 Å². The fourth-order valence-electron chi connectivity index (χ4n) is 2.71. The first-order chi connectivity index (χ1) is 10.00. The minimum atomic E-state index is -3.15. The first-order valence-corrected chi connectivity index (χ1v) is 8.66. The zero-order valence-electron chi connectivity index (χ0n) is 12.3. The Bertz CT molecular complexity index is 730. The van der Waals surface area contributed by atoms with E-state index in [1.54, 1.807) is 18.2 Å². The fourth-order valence-corrected chi connectivity index (χ4v) is 3.98. The highest BCUT2D eigenvalue weighted by Crippen LogP contribution is 2.26. The molecule has 1 aromatic heterocycles. The molecule has 0 atom stereocenters. The summed E-state index contributed by atoms with van der Waals surface area (Å²) in [6.45, 7) is 5.94. The van der Waals surface area contributed by atoms with Gasteiger partial charge in [-0.15, -0.1) is 0 Å². The van der Waals surface area contributed by atoms with Crippen molar-refractivity contribution in [3.63, 3.8) is 0 Å². The molecule has 6 nitrogen and oxygen atoms in total. The molecule has 0 bridgehead atoms. The molecule has 1 N–H and O–H groups in total. The summed E-state index contributed by atoms with van der Waals surface area (Å²) in [5.74, 6) is 0. The van der Waals surface area contributed by atoms with Gasteiger partial charge in [-0.1, -0.05) is 6.07 Å². The number of nitrogens with zero attached hydrogens (tertiary/aromatic N) is 3. The van der Waals surface area contributed by atoms with E-state index in [1.165, 1.54) is 0 Å². The maximum atomic E-state index is 12.2. The van der Waals surface area contributed by atoms with E-state index in [-0.39, 0.29) is 5.25 Å². The number of anilines is 1. The van der Waals surface area contributed by atoms with E-state index < -0.39 is 10.0 Å². The van der Waals surface area contributed by atoms with E-state index in [9.17, 15) is 8.42 Å². The van der Waals surface area contributed by atoms with Gasteiger partial charge in [0.05, 0.1) is 17.0 Å². The number of benzene rings is 1. The average Bonchev–Trinajstić information content (AvgIpc) is 2.95. The summed E-state index contributed by atoms with van der Waals surface area (Å²) >= 11 is 0. The maximum absolute atomic E-state index is 12.2. The molecule has 3 rings (SSSR count). The number of rotatable bonds is 3. The number of aromatic amines is 1. The van der Waals surface area contributed by atoms with Crippen LogP contribution in [0.5, 0.6) is 0 Å². The molecule has 1 aliphatic rings. The number of piperazine rings is 1. The monoisotopic (exact) mass is 308 g/mol. The number of nitrogens with one attached hydrogen (secondary N) is 1. The van der Waals surface area contributed by atoms with Crippen LogP contribution in [0.2, 0.25) is 0 Å². The van der Waals surface area contributed by atoms with Gasteiger partial charge in [0.15, 0.2) is 0 Å². The predicted octanol–water partition coefficient (Wildman–Crippen LogP) is 1.42. The van der Waals surface area contributed by atoms with Gasteiger partial charge >= 0.3 is 0 Å². The molecule has 1 aromatic carbocycles. The second-order valence-corrected chi connectivity index (χ2v) is 8.08. The van der Waals surface area contributed by atoms with Gasteiger partial charge in [0, 0.05) is 37.3 Å². The first-order valence-electron chi connectivity index (χ1n) is 7.16. The van der Waals surface area contributed by atoms with Gasteiger partial charge in [-0.3, -0.25) is 5.10 Å². The molecule has 0 radical (unpaired) electrons. The molecule has 1 aliphatic heterocycles. The average molecular weight is 308 g/mol. The Balaban J connectivity index is 1.79. The van der Waals surface area contributed by atoms with Crippen LogP contribution in [-0.4, -0.2) is 54.3 Å². The number of hydrogen-bond donors (Lipinski definition) is 1. The summed E-state index contributed by atoms with van der Waals surface area (Å²) in [6, 6.07) is 6.04. The van der Waals surface area contributed by atoms with Gasteiger partial charge in [-0.05, 0) is 26.0 Å². The standard InChI is InChI=1S/C14H20N4O2S/c1-11(2)21(19,20)18-8-6-17(7-9-18)14-5-3-4-13-12(14)10-15-16-13/h3-5,10-11H,6-9H2,1-2H3,(H,15,16). The topological polar surface area (TPSA) is 69.3 Å². The van der Waals surface area contributed by atoms with Crippen molar-refractivity contribution in [2.75, 3.05) is 31.1 Å². The van der Waals surface area contributed by atoms with E-state index in [2.05, 4.69) is 21.2 Å². The number of hydrogen-bond acceptors (Lipinski definition) is 4. The number of aromatic nitrogens is 2. The molecule has 0 aliphatic carbocycles. The lowest BCUT2D eigenvalue weighted by Gasteiger charge is -2.36. The number of fused-ring (bicyclic) bond motifs is 1. The van der Waals surface area contributed by atoms with Crippen molar-refractivity contribution in [1.29, 1.82) is 0 Å². The zero-order chi connectivity index (χ0) is 15.0. The second-order valence-electron chi connectivity index (χ2n) is 5.59. The molecule has 0 spiro atoms. The molecule has 0 amide bonds. The molecular weight excluding hydrogens is 288 g/mol. The van der Waals surface area contributed by atoms with Gasteiger partial charge in [0.1, 0.15) is 0 Å². The van der Waals surface area contributed by atoms with Crippen molar-refractivity contribution < 1.29 is 8.42 Å². The van der Waals surface area contributed by atoms with Crippen LogP contribution >= 0.6 is 0 Å². The fraction of sp³-hybridized carbons (Fsp3) is 0.500. The van der Waals surface area contributed by atoms with E-state index in [4.69, 9.17) is 0 Å². The van der Waals surface area contributed by atoms with Crippen LogP contribution in [0.4, 0.5) is 5.69 Å². The lowest BCUT2D eigenvalue weighted by Crippen LogP contribution is -2.50. The minimum Gasteiger partial charge on any atom is -0.368 e. The van der Waals surface area contributed by atoms with Crippen LogP contribution in [0, 0.1) is 0 Å². The van der Waals surface area contributed by atoms with Crippen molar-refractivity contribution in [3.8, 4) is 0 Å². The third kappa shape index (κ3) is 2.51. The summed E-state index contributed by atoms with van der Waals surface area (Å²) < 4.78 is 26.0. The Hall–Kier alpha value is -1.60. The van der Waals surface area contributed by atoms with Crippen LogP contribution in [0.25, 0.3) is 10.9 Å². The molecule has 1 fully saturated rings. The summed E-state index contributed by atoms with van der Waals surface area (Å²) in [5, 5.41) is 7.76. The minimum absolute atomic E-state index is 0.360. The van der Waals surface area contributed by atoms with Gasteiger partial charge in [-0.2, -0.15) is 9.40 Å². The Kier molecular flexibility index (Phi) is 3.62. The molecule has 114 valence electrons. The van der Waals surface area contributed by atoms with Crippen molar-refractivity contribution in [1.82, 2.24) is 14.5 Å². The van der Waals surface area contributed by atoms with Crippen LogP contribution in [0.15, 0.2) is 24.4 Å². The van der Waals surface area contributed by atoms with Crippen molar-refractivity contribution in [2.24, 2.45) is 0 Å². The number of H-pyrrole nitrogens is 1. The van der Waals surface area contributed by atoms with Crippen LogP contribution in [0.1, 0.15) is 13.8 Å². The summed E-state index contributed by atoms with van der Waals surface area (Å²) in [5.41, 5.74) is 2.12. The Morgan fingerprint density at radius 2 is 1.90 bits per heavy atom. The summed E-state index contributed by atoms with van der Waals surface area (Å²) in [7, 11) is -3.15. The third-order valence-corrected chi connectivity index (χ3v) is 6.27. The lowest BCUT2D eigenvalue weighted by molar-refractivity contribution is 0.381. The summed E-state index contributed by atoms with van der Waals surface area (Å²) in [6.07, 6.45) is 1.82. The van der Waals surface area contributed by atoms with E-state index in [1.807, 2.05) is 18.3 Å². The largest absolute Gasteiger partial charge is 0.368 e. The smallest absolute Gasteiger partial charge is 0.216 e. The summed E-state index contributed by atoms with van der Waals surface area (Å²) in [4.78, 5) is 2.23. The number of sulfonamides is 1. The zero-order valence-corrected chi connectivity index (χ0v) is 13.1. The highest BCUT2D eigenvalue weighted by atomic mass is 32.2. The molecule has 2 aromatic rings. The van der Waals surface area contributed by atoms with Crippen LogP contribution < -0.4 is 4.90 Å². The Labute approximate surface area is 124 Å². The van der Waals surface area contributed by atoms with Gasteiger partial charge in [0.2, 0.25) is 10.0 Å². The van der Waals surface area contributed by atoms with E-state index in [0.717, 1.165) is 16.6 Å². The molecule has 1 saturated heterocycles.